The van der Waals surface area contributed by atoms with Crippen molar-refractivity contribution in [3.05, 3.63) is 17.7 Å². The summed E-state index contributed by atoms with van der Waals surface area (Å²) in [5.41, 5.74) is 6.62. The zero-order valence-electron chi connectivity index (χ0n) is 8.77. The molecular formula is C10H15N3O2. The number of hydrogen-bond donors (Lipinski definition) is 1. The van der Waals surface area contributed by atoms with Crippen LogP contribution in [0.5, 0.6) is 0 Å². The molecule has 2 rings (SSSR count). The Morgan fingerprint density at radius 3 is 3.33 bits per heavy atom. The molecule has 0 saturated carbocycles. The third kappa shape index (κ3) is 2.18. The van der Waals surface area contributed by atoms with Gasteiger partial charge in [-0.1, -0.05) is 0 Å². The van der Waals surface area contributed by atoms with Gasteiger partial charge in [0.1, 0.15) is 5.82 Å². The summed E-state index contributed by atoms with van der Waals surface area (Å²) >= 11 is 0. The standard InChI is InChI=1S/C10H15N3O2/c1-15-10(14)4-8-6-13-5-7(11)2-3-9(13)12-8/h6-7H,2-5,11H2,1H3. The Balaban J connectivity index is 2.12. The topological polar surface area (TPSA) is 70.1 Å². The van der Waals surface area contributed by atoms with Crippen molar-refractivity contribution in [2.75, 3.05) is 7.11 Å². The largest absolute Gasteiger partial charge is 0.469 e. The SMILES string of the molecule is COC(=O)Cc1cn2c(n1)CCC(N)C2. The number of methoxy groups -OCH3 is 1. The van der Waals surface area contributed by atoms with E-state index in [0.29, 0.717) is 0 Å². The van der Waals surface area contributed by atoms with E-state index in [-0.39, 0.29) is 18.4 Å². The van der Waals surface area contributed by atoms with E-state index in [1.54, 1.807) is 0 Å². The highest BCUT2D eigenvalue weighted by Crippen LogP contribution is 2.14. The highest BCUT2D eigenvalue weighted by Gasteiger charge is 2.18. The summed E-state index contributed by atoms with van der Waals surface area (Å²) in [5.74, 6) is 0.769. The van der Waals surface area contributed by atoms with Gasteiger partial charge < -0.3 is 15.0 Å². The number of aryl methyl sites for hydroxylation is 1. The van der Waals surface area contributed by atoms with Crippen molar-refractivity contribution >= 4 is 5.97 Å². The zero-order chi connectivity index (χ0) is 10.8. The third-order valence-electron chi connectivity index (χ3n) is 2.63. The fourth-order valence-corrected chi connectivity index (χ4v) is 1.83. The van der Waals surface area contributed by atoms with Crippen LogP contribution < -0.4 is 5.73 Å². The van der Waals surface area contributed by atoms with Crippen molar-refractivity contribution in [1.82, 2.24) is 9.55 Å². The number of carbonyl (C=O) groups excluding carboxylic acids is 1. The summed E-state index contributed by atoms with van der Waals surface area (Å²) in [7, 11) is 1.38. The molecule has 1 aliphatic rings. The number of esters is 1. The lowest BCUT2D eigenvalue weighted by Crippen LogP contribution is -2.31. The van der Waals surface area contributed by atoms with E-state index in [1.165, 1.54) is 7.11 Å². The van der Waals surface area contributed by atoms with Gasteiger partial charge in [-0.05, 0) is 6.42 Å². The molecule has 0 aromatic carbocycles. The number of nitrogens with zero attached hydrogens (tertiary/aromatic N) is 2. The minimum atomic E-state index is -0.255. The molecule has 0 fully saturated rings. The summed E-state index contributed by atoms with van der Waals surface area (Å²) in [6, 6.07) is 0.206. The molecule has 2 heterocycles. The normalized spacial score (nSPS) is 19.7. The van der Waals surface area contributed by atoms with Crippen LogP contribution >= 0.6 is 0 Å². The number of nitrogens with two attached hydrogens (primary N) is 1. The van der Waals surface area contributed by atoms with Gasteiger partial charge in [0.25, 0.3) is 0 Å². The third-order valence-corrected chi connectivity index (χ3v) is 2.63. The summed E-state index contributed by atoms with van der Waals surface area (Å²) < 4.78 is 6.63. The van der Waals surface area contributed by atoms with E-state index in [4.69, 9.17) is 5.73 Å². The maximum atomic E-state index is 11.1. The van der Waals surface area contributed by atoms with Gasteiger partial charge in [-0.2, -0.15) is 0 Å². The number of carbonyl (C=O) groups is 1. The molecule has 0 radical (unpaired) electrons. The Bertz CT molecular complexity index is 373. The number of rotatable bonds is 2. The molecule has 0 aliphatic carbocycles. The Hall–Kier alpha value is -1.36. The Morgan fingerprint density at radius 1 is 1.80 bits per heavy atom. The molecule has 2 N–H and O–H groups in total. The maximum Gasteiger partial charge on any atom is 0.311 e. The molecule has 1 aliphatic heterocycles. The summed E-state index contributed by atoms with van der Waals surface area (Å²) in [5, 5.41) is 0. The van der Waals surface area contributed by atoms with E-state index in [9.17, 15) is 4.79 Å². The molecule has 82 valence electrons. The van der Waals surface area contributed by atoms with Crippen LogP contribution in [-0.2, 0) is 28.9 Å². The summed E-state index contributed by atoms with van der Waals surface area (Å²) in [4.78, 5) is 15.4. The average Bonchev–Trinajstić information content (AvgIpc) is 2.59. The fourth-order valence-electron chi connectivity index (χ4n) is 1.83. The van der Waals surface area contributed by atoms with Gasteiger partial charge >= 0.3 is 5.97 Å². The predicted molar refractivity (Wildman–Crippen MR) is 54.2 cm³/mol. The predicted octanol–water partition coefficient (Wildman–Crippen LogP) is -0.128. The molecule has 0 saturated heterocycles. The van der Waals surface area contributed by atoms with Gasteiger partial charge in [0, 0.05) is 25.2 Å². The zero-order valence-corrected chi connectivity index (χ0v) is 8.77. The minimum absolute atomic E-state index is 0.206. The van der Waals surface area contributed by atoms with Gasteiger partial charge in [0.15, 0.2) is 0 Å². The Labute approximate surface area is 88.2 Å². The summed E-state index contributed by atoms with van der Waals surface area (Å²) in [6.45, 7) is 0.795. The first-order valence-electron chi connectivity index (χ1n) is 5.06. The molecule has 0 spiro atoms. The molecule has 5 heteroatoms. The van der Waals surface area contributed by atoms with Crippen LogP contribution in [0.3, 0.4) is 0 Å². The molecule has 1 atom stereocenters. The number of ether oxygens (including phenoxy) is 1. The lowest BCUT2D eigenvalue weighted by molar-refractivity contribution is -0.139. The Kier molecular flexibility index (Phi) is 2.73. The van der Waals surface area contributed by atoms with Gasteiger partial charge in [0.05, 0.1) is 19.2 Å². The van der Waals surface area contributed by atoms with E-state index < -0.39 is 0 Å². The number of fused-ring (bicyclic) bond motifs is 1. The fraction of sp³-hybridized carbons (Fsp3) is 0.600. The monoisotopic (exact) mass is 209 g/mol. The first-order valence-corrected chi connectivity index (χ1v) is 5.06. The smallest absolute Gasteiger partial charge is 0.311 e. The second kappa shape index (κ2) is 4.02. The van der Waals surface area contributed by atoms with Crippen LogP contribution in [0.1, 0.15) is 17.9 Å². The van der Waals surface area contributed by atoms with Gasteiger partial charge in [-0.15, -0.1) is 0 Å². The maximum absolute atomic E-state index is 11.1. The second-order valence-electron chi connectivity index (χ2n) is 3.85. The van der Waals surface area contributed by atoms with Crippen LogP contribution in [0.25, 0.3) is 0 Å². The van der Waals surface area contributed by atoms with Gasteiger partial charge in [-0.25, -0.2) is 4.98 Å². The van der Waals surface area contributed by atoms with Crippen molar-refractivity contribution in [3.63, 3.8) is 0 Å². The van der Waals surface area contributed by atoms with Crippen molar-refractivity contribution in [3.8, 4) is 0 Å². The molecule has 1 unspecified atom stereocenters. The average molecular weight is 209 g/mol. The second-order valence-corrected chi connectivity index (χ2v) is 3.85. The van der Waals surface area contributed by atoms with Crippen LogP contribution in [0.15, 0.2) is 6.20 Å². The molecule has 1 aromatic rings. The van der Waals surface area contributed by atoms with E-state index in [1.807, 2.05) is 10.8 Å². The van der Waals surface area contributed by atoms with Gasteiger partial charge in [-0.3, -0.25) is 4.79 Å². The van der Waals surface area contributed by atoms with Crippen molar-refractivity contribution in [2.45, 2.75) is 31.8 Å². The molecule has 0 bridgehead atoms. The Morgan fingerprint density at radius 2 is 2.60 bits per heavy atom. The van der Waals surface area contributed by atoms with Crippen LogP contribution in [-0.4, -0.2) is 28.7 Å². The van der Waals surface area contributed by atoms with Crippen molar-refractivity contribution in [1.29, 1.82) is 0 Å². The van der Waals surface area contributed by atoms with Gasteiger partial charge in [0.2, 0.25) is 0 Å². The van der Waals surface area contributed by atoms with Crippen molar-refractivity contribution in [2.24, 2.45) is 5.73 Å². The highest BCUT2D eigenvalue weighted by atomic mass is 16.5. The quantitative estimate of drug-likeness (QED) is 0.689. The summed E-state index contributed by atoms with van der Waals surface area (Å²) in [6.07, 6.45) is 3.99. The first-order chi connectivity index (χ1) is 7.19. The molecule has 15 heavy (non-hydrogen) atoms. The van der Waals surface area contributed by atoms with E-state index in [0.717, 1.165) is 30.9 Å². The lowest BCUT2D eigenvalue weighted by Gasteiger charge is -2.19. The number of imidazole rings is 1. The first kappa shape index (κ1) is 10.2. The minimum Gasteiger partial charge on any atom is -0.469 e. The van der Waals surface area contributed by atoms with E-state index >= 15 is 0 Å². The van der Waals surface area contributed by atoms with Crippen molar-refractivity contribution < 1.29 is 9.53 Å². The van der Waals surface area contributed by atoms with E-state index in [2.05, 4.69) is 9.72 Å². The lowest BCUT2D eigenvalue weighted by atomic mass is 10.1. The highest BCUT2D eigenvalue weighted by molar-refractivity contribution is 5.71. The molecule has 5 nitrogen and oxygen atoms in total. The number of aromatic nitrogens is 2. The van der Waals surface area contributed by atoms with Crippen LogP contribution in [0.4, 0.5) is 0 Å². The molecular weight excluding hydrogens is 194 g/mol. The van der Waals surface area contributed by atoms with Crippen LogP contribution in [0, 0.1) is 0 Å². The van der Waals surface area contributed by atoms with Crippen LogP contribution in [0.2, 0.25) is 0 Å². The number of hydrogen-bond acceptors (Lipinski definition) is 4. The molecule has 0 amide bonds. The molecule has 1 aromatic heterocycles.